The summed E-state index contributed by atoms with van der Waals surface area (Å²) >= 11 is 6.83. The summed E-state index contributed by atoms with van der Waals surface area (Å²) in [4.78, 5) is 4.05. The lowest BCUT2D eigenvalue weighted by molar-refractivity contribution is 0.338. The Labute approximate surface area is 144 Å². The van der Waals surface area contributed by atoms with Gasteiger partial charge in [0.15, 0.2) is 5.82 Å². The molecule has 1 heterocycles. The molecular formula is C14H16ClN3O3S2. The molecule has 0 saturated carbocycles. The number of sulfonamides is 1. The van der Waals surface area contributed by atoms with Crippen molar-refractivity contribution in [3.63, 3.8) is 0 Å². The van der Waals surface area contributed by atoms with Crippen molar-refractivity contribution in [2.24, 2.45) is 9.81 Å². The summed E-state index contributed by atoms with van der Waals surface area (Å²) in [5, 5.41) is 0.449. The van der Waals surface area contributed by atoms with Crippen LogP contribution in [0.1, 0.15) is 20.8 Å². The lowest BCUT2D eigenvalue weighted by Gasteiger charge is -2.18. The highest BCUT2D eigenvalue weighted by Crippen LogP contribution is 2.28. The van der Waals surface area contributed by atoms with E-state index in [1.807, 2.05) is 0 Å². The molecule has 23 heavy (non-hydrogen) atoms. The molecule has 0 N–H and O–H groups in total. The van der Waals surface area contributed by atoms with Crippen LogP contribution in [-0.4, -0.2) is 30.8 Å². The van der Waals surface area contributed by atoms with E-state index in [-0.39, 0.29) is 16.1 Å². The van der Waals surface area contributed by atoms with Crippen molar-refractivity contribution < 1.29 is 13.2 Å². The highest BCUT2D eigenvalue weighted by molar-refractivity contribution is 7.92. The molecule has 0 aliphatic heterocycles. The molecule has 0 radical (unpaired) electrons. The van der Waals surface area contributed by atoms with Gasteiger partial charge in [-0.15, -0.1) is 4.40 Å². The molecule has 2 aromatic rings. The van der Waals surface area contributed by atoms with Crippen LogP contribution in [0.4, 0.5) is 0 Å². The maximum Gasteiger partial charge on any atom is 0.314 e. The van der Waals surface area contributed by atoms with Gasteiger partial charge in [0, 0.05) is 22.5 Å². The molecule has 0 saturated heterocycles. The summed E-state index contributed by atoms with van der Waals surface area (Å²) in [6, 6.07) is 6.96. The van der Waals surface area contributed by atoms with Crippen molar-refractivity contribution in [2.45, 2.75) is 25.1 Å². The third-order valence-corrected chi connectivity index (χ3v) is 5.42. The van der Waals surface area contributed by atoms with E-state index < -0.39 is 15.4 Å². The molecule has 0 bridgehead atoms. The minimum Gasteiger partial charge on any atom is -0.483 e. The van der Waals surface area contributed by atoms with Crippen molar-refractivity contribution in [3.05, 3.63) is 29.3 Å². The molecule has 1 aromatic carbocycles. The zero-order valence-electron chi connectivity index (χ0n) is 13.1. The predicted octanol–water partition coefficient (Wildman–Crippen LogP) is 3.64. The van der Waals surface area contributed by atoms with Crippen molar-refractivity contribution >= 4 is 39.1 Å². The molecule has 1 aromatic heterocycles. The van der Waals surface area contributed by atoms with Crippen LogP contribution >= 0.6 is 23.1 Å². The van der Waals surface area contributed by atoms with E-state index in [0.717, 1.165) is 11.5 Å². The first kappa shape index (κ1) is 17.8. The van der Waals surface area contributed by atoms with Crippen molar-refractivity contribution in [3.8, 4) is 11.4 Å². The molecule has 6 nitrogen and oxygen atoms in total. The molecule has 0 aliphatic carbocycles. The smallest absolute Gasteiger partial charge is 0.314 e. The minimum atomic E-state index is -3.99. The number of halogens is 1. The van der Waals surface area contributed by atoms with E-state index >= 15 is 0 Å². The fourth-order valence-corrected chi connectivity index (χ4v) is 3.79. The third-order valence-electron chi connectivity index (χ3n) is 2.78. The van der Waals surface area contributed by atoms with Gasteiger partial charge < -0.3 is 4.74 Å². The van der Waals surface area contributed by atoms with E-state index in [1.54, 1.807) is 45.0 Å². The summed E-state index contributed by atoms with van der Waals surface area (Å²) in [6.07, 6.45) is 0. The van der Waals surface area contributed by atoms with Gasteiger partial charge >= 0.3 is 10.0 Å². The summed E-state index contributed by atoms with van der Waals surface area (Å²) in [5.41, 5.74) is 0.0246. The first-order chi connectivity index (χ1) is 10.6. The van der Waals surface area contributed by atoms with Crippen LogP contribution in [0.2, 0.25) is 5.02 Å². The summed E-state index contributed by atoms with van der Waals surface area (Å²) in [7, 11) is -2.61. The first-order valence-electron chi connectivity index (χ1n) is 6.63. The van der Waals surface area contributed by atoms with Crippen LogP contribution in [0.5, 0.6) is 0 Å². The fraction of sp³-hybridized carbons (Fsp3) is 0.357. The van der Waals surface area contributed by atoms with Gasteiger partial charge in [-0.3, -0.25) is 0 Å². The number of nitrogens with zero attached hydrogens (tertiary/aromatic N) is 3. The molecular weight excluding hydrogens is 358 g/mol. The van der Waals surface area contributed by atoms with Crippen molar-refractivity contribution in [2.75, 3.05) is 7.11 Å². The second kappa shape index (κ2) is 6.54. The largest absolute Gasteiger partial charge is 0.483 e. The summed E-state index contributed by atoms with van der Waals surface area (Å²) in [6.45, 7) is 5.42. The second-order valence-electron chi connectivity index (χ2n) is 5.69. The Morgan fingerprint density at radius 2 is 1.96 bits per heavy atom. The van der Waals surface area contributed by atoms with E-state index in [4.69, 9.17) is 16.3 Å². The summed E-state index contributed by atoms with van der Waals surface area (Å²) < 4.78 is 37.5. The average molecular weight is 374 g/mol. The maximum absolute atomic E-state index is 12.4. The number of methoxy groups -OCH3 is 1. The van der Waals surface area contributed by atoms with Gasteiger partial charge in [-0.25, -0.2) is 4.98 Å². The Morgan fingerprint density at radius 3 is 2.52 bits per heavy atom. The van der Waals surface area contributed by atoms with E-state index in [2.05, 4.69) is 13.8 Å². The van der Waals surface area contributed by atoms with Gasteiger partial charge in [0.1, 0.15) is 0 Å². The van der Waals surface area contributed by atoms with Crippen molar-refractivity contribution in [1.29, 1.82) is 0 Å². The van der Waals surface area contributed by atoms with Crippen LogP contribution in [0.3, 0.4) is 0 Å². The molecule has 0 amide bonds. The van der Waals surface area contributed by atoms with Gasteiger partial charge in [0.05, 0.1) is 12.1 Å². The highest BCUT2D eigenvalue weighted by Gasteiger charge is 2.27. The van der Waals surface area contributed by atoms with Crippen LogP contribution in [0.25, 0.3) is 11.4 Å². The number of hydrogen-bond donors (Lipinski definition) is 0. The summed E-state index contributed by atoms with van der Waals surface area (Å²) in [5.74, 6) is 0.357. The monoisotopic (exact) mass is 373 g/mol. The molecule has 0 unspecified atom stereocenters. The van der Waals surface area contributed by atoms with Gasteiger partial charge in [-0.05, 0) is 12.1 Å². The van der Waals surface area contributed by atoms with Crippen molar-refractivity contribution in [1.82, 2.24) is 9.36 Å². The third kappa shape index (κ3) is 4.07. The molecule has 0 spiro atoms. The molecule has 9 heteroatoms. The van der Waals surface area contributed by atoms with E-state index in [0.29, 0.717) is 10.6 Å². The van der Waals surface area contributed by atoms with Crippen LogP contribution in [0, 0.1) is 5.41 Å². The Kier molecular flexibility index (Phi) is 5.07. The quantitative estimate of drug-likeness (QED) is 0.606. The highest BCUT2D eigenvalue weighted by atomic mass is 35.5. The average Bonchev–Trinajstić information content (AvgIpc) is 2.94. The van der Waals surface area contributed by atoms with Gasteiger partial charge in [-0.1, -0.05) is 44.5 Å². The Balaban J connectivity index is 2.44. The van der Waals surface area contributed by atoms with E-state index in [1.165, 1.54) is 7.11 Å². The number of aromatic nitrogens is 2. The lowest BCUT2D eigenvalue weighted by atomic mass is 9.97. The Hall–Kier alpha value is -1.51. The Morgan fingerprint density at radius 1 is 1.30 bits per heavy atom. The number of benzene rings is 1. The van der Waals surface area contributed by atoms with Gasteiger partial charge in [-0.2, -0.15) is 12.8 Å². The first-order valence-corrected chi connectivity index (χ1v) is 9.22. The number of hydrogen-bond acceptors (Lipinski definition) is 6. The number of rotatable bonds is 3. The van der Waals surface area contributed by atoms with Crippen LogP contribution in [-0.2, 0) is 14.8 Å². The fourth-order valence-electron chi connectivity index (χ4n) is 1.69. The zero-order valence-corrected chi connectivity index (χ0v) is 15.5. The van der Waals surface area contributed by atoms with E-state index in [9.17, 15) is 8.42 Å². The van der Waals surface area contributed by atoms with Crippen LogP contribution < -0.4 is 0 Å². The van der Waals surface area contributed by atoms with Gasteiger partial charge in [0.2, 0.25) is 5.90 Å². The molecule has 0 aliphatic rings. The number of ether oxygens (including phenoxy) is 1. The Bertz CT molecular complexity index is 839. The van der Waals surface area contributed by atoms with Gasteiger partial charge in [0.25, 0.3) is 4.34 Å². The molecule has 2 rings (SSSR count). The maximum atomic E-state index is 12.4. The normalized spacial score (nSPS) is 13.2. The molecule has 0 fully saturated rings. The standard InChI is InChI=1S/C14H16ClN3O3S2/c1-14(2,3)12(21-4)18-23(19,20)13-16-11(17-22-13)9-7-5-6-8-10(9)15/h5-8H,1-4H3. The SMILES string of the molecule is COC(=NS(=O)(=O)c1nc(-c2ccccc2Cl)ns1)C(C)(C)C. The lowest BCUT2D eigenvalue weighted by Crippen LogP contribution is -2.23. The minimum absolute atomic E-state index is 0.104. The molecule has 124 valence electrons. The van der Waals surface area contributed by atoms with Crippen LogP contribution in [0.15, 0.2) is 33.0 Å². The zero-order chi connectivity index (χ0) is 17.3. The topological polar surface area (TPSA) is 81.5 Å². The molecule has 0 atom stereocenters. The predicted molar refractivity (Wildman–Crippen MR) is 91.4 cm³/mol. The second-order valence-corrected chi connectivity index (χ2v) is 8.63.